The first-order valence-electron chi connectivity index (χ1n) is 9.60. The number of hydrogen-bond donors (Lipinski definition) is 2. The molecular formula is C22H28N2O4. The monoisotopic (exact) mass is 384 g/mol. The van der Waals surface area contributed by atoms with Crippen molar-refractivity contribution in [3.63, 3.8) is 0 Å². The second-order valence-electron chi connectivity index (χ2n) is 6.34. The normalized spacial score (nSPS) is 11.5. The van der Waals surface area contributed by atoms with Crippen LogP contribution < -0.4 is 15.4 Å². The Balaban J connectivity index is 1.88. The van der Waals surface area contributed by atoms with Crippen LogP contribution in [0.15, 0.2) is 48.5 Å². The molecule has 0 heterocycles. The van der Waals surface area contributed by atoms with E-state index in [-0.39, 0.29) is 11.8 Å². The first-order chi connectivity index (χ1) is 13.5. The van der Waals surface area contributed by atoms with Crippen LogP contribution in [0, 0.1) is 0 Å². The van der Waals surface area contributed by atoms with Gasteiger partial charge in [0.1, 0.15) is 11.9 Å². The van der Waals surface area contributed by atoms with Gasteiger partial charge in [-0.25, -0.2) is 0 Å². The number of carbonyl (C=O) groups excluding carboxylic acids is 2. The van der Waals surface area contributed by atoms with Gasteiger partial charge in [-0.05, 0) is 68.8 Å². The van der Waals surface area contributed by atoms with Gasteiger partial charge < -0.3 is 20.1 Å². The number of nitrogens with one attached hydrogen (secondary N) is 2. The van der Waals surface area contributed by atoms with Gasteiger partial charge >= 0.3 is 0 Å². The van der Waals surface area contributed by atoms with E-state index >= 15 is 0 Å². The standard InChI is InChI=1S/C22H28N2O4/c1-4-6-15-28-16(3)21(25)23-18-9-7-17(8-10-18)22(26)24-19-11-13-20(14-12-19)27-5-2/h7-14,16H,4-6,15H2,1-3H3,(H,23,25)(H,24,26). The predicted molar refractivity (Wildman–Crippen MR) is 111 cm³/mol. The molecule has 0 aliphatic rings. The van der Waals surface area contributed by atoms with Crippen molar-refractivity contribution in [3.05, 3.63) is 54.1 Å². The van der Waals surface area contributed by atoms with Crippen LogP contribution >= 0.6 is 0 Å². The van der Waals surface area contributed by atoms with Crippen molar-refractivity contribution in [2.24, 2.45) is 0 Å². The third kappa shape index (κ3) is 6.70. The summed E-state index contributed by atoms with van der Waals surface area (Å²) in [6.07, 6.45) is 1.43. The zero-order valence-electron chi connectivity index (χ0n) is 16.7. The lowest BCUT2D eigenvalue weighted by Gasteiger charge is -2.13. The van der Waals surface area contributed by atoms with Crippen molar-refractivity contribution in [1.29, 1.82) is 0 Å². The minimum atomic E-state index is -0.519. The van der Waals surface area contributed by atoms with Gasteiger partial charge in [0.2, 0.25) is 0 Å². The van der Waals surface area contributed by atoms with Gasteiger partial charge in [0.25, 0.3) is 11.8 Å². The van der Waals surface area contributed by atoms with Crippen molar-refractivity contribution in [2.75, 3.05) is 23.8 Å². The first kappa shape index (κ1) is 21.4. The van der Waals surface area contributed by atoms with Crippen LogP contribution in [0.25, 0.3) is 0 Å². The topological polar surface area (TPSA) is 76.7 Å². The van der Waals surface area contributed by atoms with Gasteiger partial charge in [-0.15, -0.1) is 0 Å². The molecule has 6 nitrogen and oxygen atoms in total. The maximum Gasteiger partial charge on any atom is 0.255 e. The van der Waals surface area contributed by atoms with E-state index in [1.165, 1.54) is 0 Å². The maximum atomic E-state index is 12.4. The average Bonchev–Trinajstić information content (AvgIpc) is 2.70. The number of ether oxygens (including phenoxy) is 2. The molecule has 0 aliphatic heterocycles. The lowest BCUT2D eigenvalue weighted by molar-refractivity contribution is -0.126. The highest BCUT2D eigenvalue weighted by atomic mass is 16.5. The van der Waals surface area contributed by atoms with Crippen molar-refractivity contribution in [3.8, 4) is 5.75 Å². The molecular weight excluding hydrogens is 356 g/mol. The summed E-state index contributed by atoms with van der Waals surface area (Å²) in [5.74, 6) is 0.328. The third-order valence-corrected chi connectivity index (χ3v) is 4.07. The molecule has 2 rings (SSSR count). The first-order valence-corrected chi connectivity index (χ1v) is 9.60. The van der Waals surface area contributed by atoms with Crippen LogP contribution in [0.2, 0.25) is 0 Å². The summed E-state index contributed by atoms with van der Waals surface area (Å²) in [6.45, 7) is 6.88. The molecule has 150 valence electrons. The molecule has 0 bridgehead atoms. The molecule has 0 fully saturated rings. The van der Waals surface area contributed by atoms with Crippen molar-refractivity contribution >= 4 is 23.2 Å². The number of carbonyl (C=O) groups is 2. The van der Waals surface area contributed by atoms with Crippen molar-refractivity contribution in [1.82, 2.24) is 0 Å². The van der Waals surface area contributed by atoms with Gasteiger partial charge in [0, 0.05) is 23.5 Å². The predicted octanol–water partition coefficient (Wildman–Crippen LogP) is 4.48. The number of hydrogen-bond acceptors (Lipinski definition) is 4. The SMILES string of the molecule is CCCCOC(C)C(=O)Nc1ccc(C(=O)Nc2ccc(OCC)cc2)cc1. The lowest BCUT2D eigenvalue weighted by atomic mass is 10.2. The quantitative estimate of drug-likeness (QED) is 0.592. The van der Waals surface area contributed by atoms with Crippen molar-refractivity contribution < 1.29 is 19.1 Å². The Labute approximate surface area is 166 Å². The Morgan fingerprint density at radius 1 is 0.929 bits per heavy atom. The summed E-state index contributed by atoms with van der Waals surface area (Å²) < 4.78 is 10.9. The smallest absolute Gasteiger partial charge is 0.255 e. The number of amides is 2. The fraction of sp³-hybridized carbons (Fsp3) is 0.364. The fourth-order valence-corrected chi connectivity index (χ4v) is 2.43. The van der Waals surface area contributed by atoms with E-state index in [1.807, 2.05) is 19.1 Å². The molecule has 2 amide bonds. The van der Waals surface area contributed by atoms with E-state index in [4.69, 9.17) is 9.47 Å². The Kier molecular flexibility index (Phi) is 8.49. The van der Waals surface area contributed by atoms with E-state index in [1.54, 1.807) is 43.3 Å². The fourth-order valence-electron chi connectivity index (χ4n) is 2.43. The third-order valence-electron chi connectivity index (χ3n) is 4.07. The number of benzene rings is 2. The van der Waals surface area contributed by atoms with Gasteiger partial charge in [0.05, 0.1) is 6.61 Å². The van der Waals surface area contributed by atoms with Crippen LogP contribution in [0.1, 0.15) is 44.0 Å². The minimum Gasteiger partial charge on any atom is -0.494 e. The maximum absolute atomic E-state index is 12.4. The van der Waals surface area contributed by atoms with E-state index < -0.39 is 6.10 Å². The number of rotatable bonds is 10. The summed E-state index contributed by atoms with van der Waals surface area (Å²) in [7, 11) is 0. The molecule has 2 aromatic carbocycles. The van der Waals surface area contributed by atoms with Crippen LogP contribution in [0.3, 0.4) is 0 Å². The van der Waals surface area contributed by atoms with Gasteiger partial charge in [-0.3, -0.25) is 9.59 Å². The highest BCUT2D eigenvalue weighted by Gasteiger charge is 2.13. The molecule has 0 aliphatic carbocycles. The molecule has 0 aromatic heterocycles. The van der Waals surface area contributed by atoms with E-state index in [0.717, 1.165) is 18.6 Å². The summed E-state index contributed by atoms with van der Waals surface area (Å²) >= 11 is 0. The summed E-state index contributed by atoms with van der Waals surface area (Å²) in [4.78, 5) is 24.5. The molecule has 1 atom stereocenters. The summed E-state index contributed by atoms with van der Waals surface area (Å²) in [6, 6.07) is 13.9. The molecule has 0 saturated carbocycles. The second kappa shape index (κ2) is 11.1. The molecule has 28 heavy (non-hydrogen) atoms. The molecule has 2 aromatic rings. The largest absolute Gasteiger partial charge is 0.494 e. The van der Waals surface area contributed by atoms with E-state index in [9.17, 15) is 9.59 Å². The highest BCUT2D eigenvalue weighted by molar-refractivity contribution is 6.04. The van der Waals surface area contributed by atoms with Gasteiger partial charge in [0.15, 0.2) is 0 Å². The Bertz CT molecular complexity index is 757. The second-order valence-corrected chi connectivity index (χ2v) is 6.34. The van der Waals surface area contributed by atoms with E-state index in [0.29, 0.717) is 30.2 Å². The minimum absolute atomic E-state index is 0.206. The van der Waals surface area contributed by atoms with Gasteiger partial charge in [-0.2, -0.15) is 0 Å². The molecule has 0 spiro atoms. The molecule has 6 heteroatoms. The van der Waals surface area contributed by atoms with Crippen LogP contribution in [-0.2, 0) is 9.53 Å². The number of unbranched alkanes of at least 4 members (excludes halogenated alkanes) is 1. The van der Waals surface area contributed by atoms with Crippen molar-refractivity contribution in [2.45, 2.75) is 39.7 Å². The van der Waals surface area contributed by atoms with Crippen LogP contribution in [-0.4, -0.2) is 31.1 Å². The summed E-state index contributed by atoms with van der Waals surface area (Å²) in [5.41, 5.74) is 1.80. The Morgan fingerprint density at radius 3 is 2.14 bits per heavy atom. The lowest BCUT2D eigenvalue weighted by Crippen LogP contribution is -2.28. The number of anilines is 2. The summed E-state index contributed by atoms with van der Waals surface area (Å²) in [5, 5.41) is 5.63. The average molecular weight is 384 g/mol. The van der Waals surface area contributed by atoms with Crippen LogP contribution in [0.5, 0.6) is 5.75 Å². The highest BCUT2D eigenvalue weighted by Crippen LogP contribution is 2.17. The zero-order valence-corrected chi connectivity index (χ0v) is 16.7. The van der Waals surface area contributed by atoms with Crippen LogP contribution in [0.4, 0.5) is 11.4 Å². The van der Waals surface area contributed by atoms with E-state index in [2.05, 4.69) is 17.6 Å². The van der Waals surface area contributed by atoms with Gasteiger partial charge in [-0.1, -0.05) is 13.3 Å². The molecule has 2 N–H and O–H groups in total. The molecule has 0 radical (unpaired) electrons. The Morgan fingerprint density at radius 2 is 1.54 bits per heavy atom. The Hall–Kier alpha value is -2.86. The molecule has 0 saturated heterocycles. The molecule has 1 unspecified atom stereocenters. The zero-order chi connectivity index (χ0) is 20.4.